The highest BCUT2D eigenvalue weighted by atomic mass is 31.2. The van der Waals surface area contributed by atoms with E-state index in [2.05, 4.69) is 4.52 Å². The van der Waals surface area contributed by atoms with Crippen molar-refractivity contribution in [2.24, 2.45) is 0 Å². The van der Waals surface area contributed by atoms with Crippen molar-refractivity contribution in [3.8, 4) is 0 Å². The molecule has 10 heavy (non-hydrogen) atoms. The van der Waals surface area contributed by atoms with E-state index in [-0.39, 0.29) is 0 Å². The van der Waals surface area contributed by atoms with Crippen LogP contribution < -0.4 is 0 Å². The second-order valence-electron chi connectivity index (χ2n) is 1.62. The van der Waals surface area contributed by atoms with Crippen LogP contribution in [0.15, 0.2) is 0 Å². The number of aliphatic hydroxyl groups is 2. The summed E-state index contributed by atoms with van der Waals surface area (Å²) in [6, 6.07) is 0. The molecular formula is C3H9O6P. The fourth-order valence-electron chi connectivity index (χ4n) is 0.236. The SMILES string of the molecule is O=P(O)(O)O[13CH2][13CH](O)[13CH2]O. The first-order valence-electron chi connectivity index (χ1n) is 2.44. The Labute approximate surface area is 57.3 Å². The van der Waals surface area contributed by atoms with Crippen molar-refractivity contribution in [2.75, 3.05) is 13.2 Å². The lowest BCUT2D eigenvalue weighted by molar-refractivity contribution is 0.0419. The summed E-state index contributed by atoms with van der Waals surface area (Å²) in [4.78, 5) is 16.1. The summed E-state index contributed by atoms with van der Waals surface area (Å²) in [6.45, 7) is -1.15. The lowest BCUT2D eigenvalue weighted by atomic mass is 11.4. The van der Waals surface area contributed by atoms with Crippen LogP contribution in [0.2, 0.25) is 0 Å². The number of hydrogen-bond acceptors (Lipinski definition) is 4. The van der Waals surface area contributed by atoms with Gasteiger partial charge in [-0.05, 0) is 0 Å². The monoisotopic (exact) mass is 175 g/mol. The molecule has 0 aromatic heterocycles. The molecule has 0 amide bonds. The van der Waals surface area contributed by atoms with Gasteiger partial charge in [-0.15, -0.1) is 0 Å². The Morgan fingerprint density at radius 3 is 2.30 bits per heavy atom. The smallest absolute Gasteiger partial charge is 0.394 e. The van der Waals surface area contributed by atoms with Crippen molar-refractivity contribution in [2.45, 2.75) is 6.10 Å². The average molecular weight is 175 g/mol. The summed E-state index contributed by atoms with van der Waals surface area (Å²) in [5.41, 5.74) is 0. The van der Waals surface area contributed by atoms with Gasteiger partial charge < -0.3 is 20.0 Å². The molecule has 0 aliphatic heterocycles. The Hall–Kier alpha value is 0.0300. The molecule has 0 aromatic carbocycles. The van der Waals surface area contributed by atoms with Crippen LogP contribution in [-0.2, 0) is 9.09 Å². The number of rotatable bonds is 4. The molecule has 62 valence electrons. The van der Waals surface area contributed by atoms with E-state index in [0.29, 0.717) is 0 Å². The zero-order chi connectivity index (χ0) is 8.20. The molecule has 0 aliphatic rings. The molecular weight excluding hydrogens is 166 g/mol. The first-order chi connectivity index (χ1) is 4.45. The standard InChI is InChI=1S/C3H9O6P/c4-1-3(5)2-9-10(6,7)8/h3-5H,1-2H2,(H2,6,7,8)/i1+1,2+1,3+1. The highest BCUT2D eigenvalue weighted by Gasteiger charge is 2.15. The van der Waals surface area contributed by atoms with Crippen LogP contribution in [-0.4, -0.2) is 39.3 Å². The third-order valence-corrected chi connectivity index (χ3v) is 1.13. The third-order valence-electron chi connectivity index (χ3n) is 0.646. The quantitative estimate of drug-likeness (QED) is 0.304. The van der Waals surface area contributed by atoms with E-state index in [1.807, 2.05) is 0 Å². The van der Waals surface area contributed by atoms with Gasteiger partial charge in [0.2, 0.25) is 0 Å². The largest absolute Gasteiger partial charge is 0.469 e. The number of hydrogen-bond donors (Lipinski definition) is 4. The van der Waals surface area contributed by atoms with Gasteiger partial charge >= 0.3 is 7.82 Å². The van der Waals surface area contributed by atoms with Crippen molar-refractivity contribution in [1.82, 2.24) is 0 Å². The maximum Gasteiger partial charge on any atom is 0.469 e. The van der Waals surface area contributed by atoms with Gasteiger partial charge in [0.15, 0.2) is 0 Å². The Kier molecular flexibility index (Phi) is 4.04. The molecule has 0 aliphatic carbocycles. The fraction of sp³-hybridized carbons (Fsp3) is 1.00. The normalized spacial score (nSPS) is 15.2. The molecule has 0 rings (SSSR count). The fourth-order valence-corrected chi connectivity index (χ4v) is 0.602. The molecule has 4 N–H and O–H groups in total. The first-order valence-corrected chi connectivity index (χ1v) is 3.98. The second-order valence-corrected chi connectivity index (χ2v) is 2.86. The van der Waals surface area contributed by atoms with Crippen molar-refractivity contribution < 1.29 is 29.1 Å². The zero-order valence-electron chi connectivity index (χ0n) is 5.04. The molecule has 0 radical (unpaired) electrons. The Morgan fingerprint density at radius 2 is 2.00 bits per heavy atom. The second kappa shape index (κ2) is 4.02. The highest BCUT2D eigenvalue weighted by molar-refractivity contribution is 7.46. The molecule has 0 heterocycles. The summed E-state index contributed by atoms with van der Waals surface area (Å²) in [5, 5.41) is 16.7. The van der Waals surface area contributed by atoms with E-state index in [0.717, 1.165) is 0 Å². The minimum Gasteiger partial charge on any atom is -0.394 e. The van der Waals surface area contributed by atoms with Gasteiger partial charge in [0.05, 0.1) is 13.2 Å². The van der Waals surface area contributed by atoms with Crippen molar-refractivity contribution >= 4 is 7.82 Å². The predicted molar refractivity (Wildman–Crippen MR) is 31.1 cm³/mol. The van der Waals surface area contributed by atoms with Gasteiger partial charge in [-0.3, -0.25) is 4.52 Å². The van der Waals surface area contributed by atoms with Crippen LogP contribution in [0, 0.1) is 0 Å². The molecule has 0 fully saturated rings. The summed E-state index contributed by atoms with van der Waals surface area (Å²) in [7, 11) is -4.50. The minimum atomic E-state index is -4.50. The van der Waals surface area contributed by atoms with Crippen LogP contribution in [0.5, 0.6) is 0 Å². The lowest BCUT2D eigenvalue weighted by Crippen LogP contribution is -2.18. The molecule has 0 saturated heterocycles. The number of phosphoric ester groups is 1. The summed E-state index contributed by atoms with van der Waals surface area (Å²) in [6.07, 6.45) is -1.24. The van der Waals surface area contributed by atoms with E-state index in [1.54, 1.807) is 0 Å². The Morgan fingerprint density at radius 1 is 1.50 bits per heavy atom. The van der Waals surface area contributed by atoms with Gasteiger partial charge in [-0.25, -0.2) is 4.57 Å². The van der Waals surface area contributed by atoms with E-state index in [1.165, 1.54) is 0 Å². The van der Waals surface area contributed by atoms with Crippen molar-refractivity contribution in [3.05, 3.63) is 0 Å². The Bertz CT molecular complexity index is 129. The van der Waals surface area contributed by atoms with Gasteiger partial charge in [0, 0.05) is 0 Å². The van der Waals surface area contributed by atoms with Crippen LogP contribution in [0.25, 0.3) is 0 Å². The first kappa shape index (κ1) is 10.0. The zero-order valence-corrected chi connectivity index (χ0v) is 5.94. The summed E-state index contributed by atoms with van der Waals surface area (Å²) in [5.74, 6) is 0. The minimum absolute atomic E-state index is 0.569. The summed E-state index contributed by atoms with van der Waals surface area (Å²) >= 11 is 0. The Balaban J connectivity index is 3.46. The average Bonchev–Trinajstić information content (AvgIpc) is 1.81. The summed E-state index contributed by atoms with van der Waals surface area (Å²) < 4.78 is 13.8. The molecule has 0 spiro atoms. The highest BCUT2D eigenvalue weighted by Crippen LogP contribution is 2.35. The van der Waals surface area contributed by atoms with Gasteiger partial charge in [0.1, 0.15) is 6.10 Å². The number of aliphatic hydroxyl groups excluding tert-OH is 2. The van der Waals surface area contributed by atoms with Crippen molar-refractivity contribution in [1.29, 1.82) is 0 Å². The topological polar surface area (TPSA) is 107 Å². The molecule has 0 saturated carbocycles. The maximum absolute atomic E-state index is 9.93. The number of phosphoric acid groups is 1. The lowest BCUT2D eigenvalue weighted by Gasteiger charge is -2.07. The van der Waals surface area contributed by atoms with E-state index in [9.17, 15) is 4.57 Å². The van der Waals surface area contributed by atoms with Gasteiger partial charge in [-0.2, -0.15) is 0 Å². The molecule has 1 unspecified atom stereocenters. The van der Waals surface area contributed by atoms with E-state index < -0.39 is 27.1 Å². The van der Waals surface area contributed by atoms with Gasteiger partial charge in [-0.1, -0.05) is 0 Å². The predicted octanol–water partition coefficient (Wildman–Crippen LogP) is -1.55. The van der Waals surface area contributed by atoms with E-state index >= 15 is 0 Å². The molecule has 0 bridgehead atoms. The van der Waals surface area contributed by atoms with E-state index in [4.69, 9.17) is 20.0 Å². The molecule has 7 heteroatoms. The molecule has 1 atom stereocenters. The van der Waals surface area contributed by atoms with Crippen LogP contribution in [0.4, 0.5) is 0 Å². The van der Waals surface area contributed by atoms with Crippen LogP contribution >= 0.6 is 7.82 Å². The molecule has 6 nitrogen and oxygen atoms in total. The van der Waals surface area contributed by atoms with Crippen molar-refractivity contribution in [3.63, 3.8) is 0 Å². The van der Waals surface area contributed by atoms with Gasteiger partial charge in [0.25, 0.3) is 0 Å². The molecule has 0 aromatic rings. The van der Waals surface area contributed by atoms with Crippen LogP contribution in [0.3, 0.4) is 0 Å². The third kappa shape index (κ3) is 6.15. The van der Waals surface area contributed by atoms with Crippen LogP contribution in [0.1, 0.15) is 0 Å². The maximum atomic E-state index is 9.93.